The molecule has 0 saturated carbocycles. The minimum absolute atomic E-state index is 0.390. The molecule has 1 fully saturated rings. The fraction of sp³-hybridized carbons (Fsp3) is 0.750. The molecule has 0 bridgehead atoms. The first-order chi connectivity index (χ1) is 5.90. The Labute approximate surface area is 71.8 Å². The molecular formula is C8H14N4. The summed E-state index contributed by atoms with van der Waals surface area (Å²) < 4.78 is 0. The van der Waals surface area contributed by atoms with E-state index in [2.05, 4.69) is 27.4 Å². The molecule has 0 spiro atoms. The van der Waals surface area contributed by atoms with E-state index in [9.17, 15) is 0 Å². The highest BCUT2D eigenvalue weighted by Crippen LogP contribution is 2.19. The molecule has 66 valence electrons. The van der Waals surface area contributed by atoms with Gasteiger partial charge in [0.15, 0.2) is 5.82 Å². The predicted molar refractivity (Wildman–Crippen MR) is 45.7 cm³/mol. The average Bonchev–Trinajstić information content (AvgIpc) is 2.75. The third kappa shape index (κ3) is 1.34. The summed E-state index contributed by atoms with van der Waals surface area (Å²) in [6.07, 6.45) is 3.33. The topological polar surface area (TPSA) is 53.6 Å². The SMILES string of the molecule is CCc1nc([C@H]2CCCN2)n[nH]1. The van der Waals surface area contributed by atoms with E-state index in [1.165, 1.54) is 12.8 Å². The van der Waals surface area contributed by atoms with Crippen LogP contribution in [0.5, 0.6) is 0 Å². The molecule has 1 aliphatic rings. The molecular weight excluding hydrogens is 152 g/mol. The number of aryl methyl sites for hydroxylation is 1. The van der Waals surface area contributed by atoms with Crippen LogP contribution in [-0.2, 0) is 6.42 Å². The minimum atomic E-state index is 0.390. The number of H-pyrrole nitrogens is 1. The molecule has 4 nitrogen and oxygen atoms in total. The van der Waals surface area contributed by atoms with E-state index in [0.717, 1.165) is 24.6 Å². The van der Waals surface area contributed by atoms with Crippen molar-refractivity contribution in [2.45, 2.75) is 32.2 Å². The van der Waals surface area contributed by atoms with Crippen molar-refractivity contribution < 1.29 is 0 Å². The summed E-state index contributed by atoms with van der Waals surface area (Å²) in [5, 5.41) is 10.5. The van der Waals surface area contributed by atoms with Crippen molar-refractivity contribution in [3.8, 4) is 0 Å². The second kappa shape index (κ2) is 3.23. The lowest BCUT2D eigenvalue weighted by Gasteiger charge is -2.02. The van der Waals surface area contributed by atoms with E-state index in [0.29, 0.717) is 6.04 Å². The summed E-state index contributed by atoms with van der Waals surface area (Å²) in [5.74, 6) is 1.92. The third-order valence-electron chi connectivity index (χ3n) is 2.26. The van der Waals surface area contributed by atoms with Gasteiger partial charge in [0, 0.05) is 6.42 Å². The molecule has 4 heteroatoms. The molecule has 12 heavy (non-hydrogen) atoms. The maximum absolute atomic E-state index is 4.38. The van der Waals surface area contributed by atoms with Crippen LogP contribution in [0.4, 0.5) is 0 Å². The third-order valence-corrected chi connectivity index (χ3v) is 2.26. The second-order valence-electron chi connectivity index (χ2n) is 3.14. The molecule has 1 aromatic rings. The standard InChI is InChI=1S/C8H14N4/c1-2-7-10-8(12-11-7)6-4-3-5-9-6/h6,9H,2-5H2,1H3,(H,10,11,12)/t6-/m1/s1. The second-order valence-corrected chi connectivity index (χ2v) is 3.14. The van der Waals surface area contributed by atoms with Crippen molar-refractivity contribution in [1.82, 2.24) is 20.5 Å². The smallest absolute Gasteiger partial charge is 0.167 e. The van der Waals surface area contributed by atoms with Crippen LogP contribution in [0.25, 0.3) is 0 Å². The molecule has 1 saturated heterocycles. The maximum atomic E-state index is 4.38. The van der Waals surface area contributed by atoms with Gasteiger partial charge in [-0.3, -0.25) is 5.10 Å². The molecule has 0 aliphatic carbocycles. The summed E-state index contributed by atoms with van der Waals surface area (Å²) >= 11 is 0. The number of aromatic nitrogens is 3. The van der Waals surface area contributed by atoms with Crippen LogP contribution in [-0.4, -0.2) is 21.7 Å². The van der Waals surface area contributed by atoms with Crippen molar-refractivity contribution in [3.05, 3.63) is 11.6 Å². The monoisotopic (exact) mass is 166 g/mol. The first-order valence-corrected chi connectivity index (χ1v) is 4.54. The van der Waals surface area contributed by atoms with Gasteiger partial charge in [-0.05, 0) is 19.4 Å². The molecule has 1 aromatic heterocycles. The first-order valence-electron chi connectivity index (χ1n) is 4.54. The van der Waals surface area contributed by atoms with Crippen molar-refractivity contribution in [2.75, 3.05) is 6.54 Å². The van der Waals surface area contributed by atoms with E-state index >= 15 is 0 Å². The van der Waals surface area contributed by atoms with Crippen LogP contribution in [0.2, 0.25) is 0 Å². The van der Waals surface area contributed by atoms with Crippen LogP contribution >= 0.6 is 0 Å². The van der Waals surface area contributed by atoms with Crippen LogP contribution in [0.3, 0.4) is 0 Å². The molecule has 2 rings (SSSR count). The van der Waals surface area contributed by atoms with E-state index in [1.54, 1.807) is 0 Å². The fourth-order valence-electron chi connectivity index (χ4n) is 1.53. The number of aromatic amines is 1. The Morgan fingerprint density at radius 3 is 3.08 bits per heavy atom. The van der Waals surface area contributed by atoms with Gasteiger partial charge in [0.2, 0.25) is 0 Å². The maximum Gasteiger partial charge on any atom is 0.167 e. The summed E-state index contributed by atoms with van der Waals surface area (Å²) in [6, 6.07) is 0.390. The number of rotatable bonds is 2. The van der Waals surface area contributed by atoms with Crippen LogP contribution in [0.1, 0.15) is 37.5 Å². The van der Waals surface area contributed by atoms with Crippen LogP contribution < -0.4 is 5.32 Å². The molecule has 1 atom stereocenters. The van der Waals surface area contributed by atoms with Crippen molar-refractivity contribution in [3.63, 3.8) is 0 Å². The molecule has 0 radical (unpaired) electrons. The quantitative estimate of drug-likeness (QED) is 0.683. The zero-order valence-corrected chi connectivity index (χ0v) is 7.30. The van der Waals surface area contributed by atoms with Gasteiger partial charge in [-0.1, -0.05) is 6.92 Å². The van der Waals surface area contributed by atoms with Gasteiger partial charge in [-0.2, -0.15) is 5.10 Å². The average molecular weight is 166 g/mol. The summed E-state index contributed by atoms with van der Waals surface area (Å²) in [6.45, 7) is 3.17. The molecule has 2 heterocycles. The fourth-order valence-corrected chi connectivity index (χ4v) is 1.53. The van der Waals surface area contributed by atoms with Gasteiger partial charge < -0.3 is 5.32 Å². The number of nitrogens with one attached hydrogen (secondary N) is 2. The van der Waals surface area contributed by atoms with E-state index < -0.39 is 0 Å². The van der Waals surface area contributed by atoms with Crippen molar-refractivity contribution in [2.24, 2.45) is 0 Å². The van der Waals surface area contributed by atoms with Crippen molar-refractivity contribution in [1.29, 1.82) is 0 Å². The number of hydrogen-bond acceptors (Lipinski definition) is 3. The summed E-state index contributed by atoms with van der Waals surface area (Å²) in [4.78, 5) is 4.38. The van der Waals surface area contributed by atoms with E-state index in [1.807, 2.05) is 0 Å². The number of hydrogen-bond donors (Lipinski definition) is 2. The van der Waals surface area contributed by atoms with Gasteiger partial charge in [0.25, 0.3) is 0 Å². The van der Waals surface area contributed by atoms with E-state index in [4.69, 9.17) is 0 Å². The zero-order chi connectivity index (χ0) is 8.39. The zero-order valence-electron chi connectivity index (χ0n) is 7.30. The molecule has 0 aromatic carbocycles. The van der Waals surface area contributed by atoms with Crippen molar-refractivity contribution >= 4 is 0 Å². The lowest BCUT2D eigenvalue weighted by atomic mass is 10.2. The minimum Gasteiger partial charge on any atom is -0.307 e. The lowest BCUT2D eigenvalue weighted by molar-refractivity contribution is 0.607. The highest BCUT2D eigenvalue weighted by atomic mass is 15.2. The molecule has 0 amide bonds. The Morgan fingerprint density at radius 1 is 1.58 bits per heavy atom. The van der Waals surface area contributed by atoms with Gasteiger partial charge in [-0.25, -0.2) is 4.98 Å². The summed E-state index contributed by atoms with van der Waals surface area (Å²) in [7, 11) is 0. The predicted octanol–water partition coefficient (Wildman–Crippen LogP) is 0.792. The Bertz CT molecular complexity index is 249. The van der Waals surface area contributed by atoms with Crippen LogP contribution in [0.15, 0.2) is 0 Å². The van der Waals surface area contributed by atoms with Gasteiger partial charge >= 0.3 is 0 Å². The van der Waals surface area contributed by atoms with Crippen LogP contribution in [0, 0.1) is 0 Å². The number of nitrogens with zero attached hydrogens (tertiary/aromatic N) is 2. The van der Waals surface area contributed by atoms with Gasteiger partial charge in [0.05, 0.1) is 6.04 Å². The van der Waals surface area contributed by atoms with Gasteiger partial charge in [-0.15, -0.1) is 0 Å². The molecule has 1 aliphatic heterocycles. The Kier molecular flexibility index (Phi) is 2.08. The normalized spacial score (nSPS) is 23.2. The van der Waals surface area contributed by atoms with Gasteiger partial charge in [0.1, 0.15) is 5.82 Å². The first kappa shape index (κ1) is 7.73. The molecule has 0 unspecified atom stereocenters. The Morgan fingerprint density at radius 2 is 2.50 bits per heavy atom. The Hall–Kier alpha value is -0.900. The lowest BCUT2D eigenvalue weighted by Crippen LogP contribution is -2.14. The highest BCUT2D eigenvalue weighted by Gasteiger charge is 2.19. The van der Waals surface area contributed by atoms with E-state index in [-0.39, 0.29) is 0 Å². The summed E-state index contributed by atoms with van der Waals surface area (Å²) in [5.41, 5.74) is 0. The highest BCUT2D eigenvalue weighted by molar-refractivity contribution is 4.98. The molecule has 2 N–H and O–H groups in total. The largest absolute Gasteiger partial charge is 0.307 e. The Balaban J connectivity index is 2.11.